The summed E-state index contributed by atoms with van der Waals surface area (Å²) in [6.07, 6.45) is 5.29. The molecule has 2 aromatic carbocycles. The van der Waals surface area contributed by atoms with Gasteiger partial charge in [0, 0.05) is 11.1 Å². The van der Waals surface area contributed by atoms with Crippen LogP contribution in [0.4, 0.5) is 15.8 Å². The first-order valence-electron chi connectivity index (χ1n) is 7.81. The summed E-state index contributed by atoms with van der Waals surface area (Å²) in [7, 11) is 0. The Bertz CT molecular complexity index is 1080. The minimum absolute atomic E-state index is 0.0575. The summed E-state index contributed by atoms with van der Waals surface area (Å²) in [6.45, 7) is -0.336. The molecule has 0 saturated carbocycles. The van der Waals surface area contributed by atoms with Crippen molar-refractivity contribution in [2.24, 2.45) is 0 Å². The smallest absolute Gasteiger partial charge is 0.266 e. The summed E-state index contributed by atoms with van der Waals surface area (Å²) in [5.74, 6) is -0.196. The third-order valence-electron chi connectivity index (χ3n) is 4.31. The Labute approximate surface area is 158 Å². The lowest BCUT2D eigenvalue weighted by molar-refractivity contribution is -0.121. The third-order valence-corrected chi connectivity index (χ3v) is 4.55. The van der Waals surface area contributed by atoms with Crippen LogP contribution in [0.3, 0.4) is 0 Å². The average Bonchev–Trinajstić information content (AvgIpc) is 2.88. The average molecular weight is 385 g/mol. The van der Waals surface area contributed by atoms with Gasteiger partial charge in [0.25, 0.3) is 17.7 Å². The maximum atomic E-state index is 14.7. The van der Waals surface area contributed by atoms with Crippen molar-refractivity contribution in [3.63, 3.8) is 0 Å². The van der Waals surface area contributed by atoms with Crippen LogP contribution in [0.15, 0.2) is 30.3 Å². The molecular formula is C19H10ClFN2O4. The summed E-state index contributed by atoms with van der Waals surface area (Å²) < 4.78 is 19.9. The molecule has 0 saturated heterocycles. The SMILES string of the molecule is C#CCN1C(=O)COc2cc(F)c(N3C(=O)c4ccc(Cl)cc4C3=O)cc21. The van der Waals surface area contributed by atoms with Crippen molar-refractivity contribution in [1.29, 1.82) is 0 Å². The van der Waals surface area contributed by atoms with E-state index in [2.05, 4.69) is 5.92 Å². The number of imide groups is 1. The van der Waals surface area contributed by atoms with Crippen molar-refractivity contribution >= 4 is 40.7 Å². The maximum absolute atomic E-state index is 14.7. The fourth-order valence-electron chi connectivity index (χ4n) is 3.08. The van der Waals surface area contributed by atoms with Crippen molar-refractivity contribution in [2.45, 2.75) is 0 Å². The van der Waals surface area contributed by atoms with Crippen molar-refractivity contribution in [3.8, 4) is 18.1 Å². The number of nitrogens with zero attached hydrogens (tertiary/aromatic N) is 2. The standard InChI is InChI=1S/C19H10ClFN2O4/c1-2-5-22-15-8-14(13(21)7-16(15)27-9-17(22)24)23-18(25)11-4-3-10(20)6-12(11)19(23)26/h1,3-4,6-8H,5,9H2. The van der Waals surface area contributed by atoms with Crippen LogP contribution in [0.5, 0.6) is 5.75 Å². The summed E-state index contributed by atoms with van der Waals surface area (Å²) in [6, 6.07) is 6.47. The molecule has 134 valence electrons. The summed E-state index contributed by atoms with van der Waals surface area (Å²) in [5, 5.41) is 0.279. The van der Waals surface area contributed by atoms with E-state index in [1.807, 2.05) is 0 Å². The van der Waals surface area contributed by atoms with Gasteiger partial charge in [-0.05, 0) is 24.3 Å². The summed E-state index contributed by atoms with van der Waals surface area (Å²) in [5.41, 5.74) is 0.0957. The molecule has 0 bridgehead atoms. The van der Waals surface area contributed by atoms with Crippen LogP contribution >= 0.6 is 11.6 Å². The highest BCUT2D eigenvalue weighted by molar-refractivity contribution is 6.36. The molecule has 4 rings (SSSR count). The molecule has 0 atom stereocenters. The molecule has 27 heavy (non-hydrogen) atoms. The topological polar surface area (TPSA) is 66.9 Å². The van der Waals surface area contributed by atoms with Crippen LogP contribution in [0.25, 0.3) is 0 Å². The predicted molar refractivity (Wildman–Crippen MR) is 95.7 cm³/mol. The first kappa shape index (κ1) is 17.1. The Kier molecular flexibility index (Phi) is 3.86. The van der Waals surface area contributed by atoms with E-state index in [4.69, 9.17) is 22.8 Å². The molecule has 2 aliphatic rings. The largest absolute Gasteiger partial charge is 0.481 e. The van der Waals surface area contributed by atoms with Crippen molar-refractivity contribution in [2.75, 3.05) is 23.0 Å². The summed E-state index contributed by atoms with van der Waals surface area (Å²) >= 11 is 5.89. The lowest BCUT2D eigenvalue weighted by atomic mass is 10.1. The summed E-state index contributed by atoms with van der Waals surface area (Å²) in [4.78, 5) is 39.4. The molecule has 2 aliphatic heterocycles. The number of rotatable bonds is 2. The first-order chi connectivity index (χ1) is 12.9. The molecule has 0 unspecified atom stereocenters. The van der Waals surface area contributed by atoms with Gasteiger partial charge in [-0.3, -0.25) is 19.3 Å². The number of hydrogen-bond donors (Lipinski definition) is 0. The van der Waals surface area contributed by atoms with E-state index in [-0.39, 0.29) is 46.4 Å². The molecule has 2 aromatic rings. The van der Waals surface area contributed by atoms with Crippen LogP contribution < -0.4 is 14.5 Å². The lowest BCUT2D eigenvalue weighted by Crippen LogP contribution is -2.39. The van der Waals surface area contributed by atoms with Crippen LogP contribution in [-0.2, 0) is 4.79 Å². The molecule has 0 N–H and O–H groups in total. The molecule has 8 heteroatoms. The number of carbonyl (C=O) groups excluding carboxylic acids is 3. The number of hydrogen-bond acceptors (Lipinski definition) is 4. The van der Waals surface area contributed by atoms with Gasteiger partial charge in [0.05, 0.1) is 29.0 Å². The second-order valence-corrected chi connectivity index (χ2v) is 6.32. The Balaban J connectivity index is 1.84. The van der Waals surface area contributed by atoms with Gasteiger partial charge in [-0.1, -0.05) is 17.5 Å². The zero-order valence-electron chi connectivity index (χ0n) is 13.7. The van der Waals surface area contributed by atoms with Gasteiger partial charge in [-0.25, -0.2) is 9.29 Å². The zero-order valence-corrected chi connectivity index (χ0v) is 14.4. The van der Waals surface area contributed by atoms with Crippen molar-refractivity contribution in [3.05, 3.63) is 52.3 Å². The molecule has 0 radical (unpaired) electrons. The number of amides is 3. The first-order valence-corrected chi connectivity index (χ1v) is 8.18. The van der Waals surface area contributed by atoms with E-state index in [1.54, 1.807) is 0 Å². The van der Waals surface area contributed by atoms with Gasteiger partial charge in [0.1, 0.15) is 5.75 Å². The lowest BCUT2D eigenvalue weighted by Gasteiger charge is -2.29. The molecule has 0 aromatic heterocycles. The van der Waals surface area contributed by atoms with Crippen LogP contribution in [0.1, 0.15) is 20.7 Å². The fourth-order valence-corrected chi connectivity index (χ4v) is 3.25. The Morgan fingerprint density at radius 2 is 1.85 bits per heavy atom. The fraction of sp³-hybridized carbons (Fsp3) is 0.105. The Morgan fingerprint density at radius 1 is 1.11 bits per heavy atom. The number of carbonyl (C=O) groups is 3. The van der Waals surface area contributed by atoms with E-state index in [0.29, 0.717) is 4.90 Å². The molecule has 3 amide bonds. The van der Waals surface area contributed by atoms with E-state index < -0.39 is 23.5 Å². The normalized spacial score (nSPS) is 15.4. The highest BCUT2D eigenvalue weighted by Gasteiger charge is 2.39. The highest BCUT2D eigenvalue weighted by atomic mass is 35.5. The number of ether oxygens (including phenoxy) is 1. The highest BCUT2D eigenvalue weighted by Crippen LogP contribution is 2.40. The number of terminal acetylenes is 1. The quantitative estimate of drug-likeness (QED) is 0.589. The number of fused-ring (bicyclic) bond motifs is 2. The van der Waals surface area contributed by atoms with Crippen LogP contribution in [0.2, 0.25) is 5.02 Å². The van der Waals surface area contributed by atoms with Gasteiger partial charge >= 0.3 is 0 Å². The van der Waals surface area contributed by atoms with E-state index in [9.17, 15) is 18.8 Å². The minimum atomic E-state index is -0.843. The van der Waals surface area contributed by atoms with E-state index in [0.717, 1.165) is 6.07 Å². The van der Waals surface area contributed by atoms with Gasteiger partial charge < -0.3 is 4.74 Å². The Hall–Kier alpha value is -3.37. The zero-order chi connectivity index (χ0) is 19.3. The van der Waals surface area contributed by atoms with Crippen LogP contribution in [-0.4, -0.2) is 30.9 Å². The van der Waals surface area contributed by atoms with Crippen LogP contribution in [0, 0.1) is 18.2 Å². The van der Waals surface area contributed by atoms with Gasteiger partial charge in [0.15, 0.2) is 12.4 Å². The second kappa shape index (κ2) is 6.11. The van der Waals surface area contributed by atoms with Gasteiger partial charge in [-0.2, -0.15) is 0 Å². The number of benzene rings is 2. The molecule has 0 fully saturated rings. The van der Waals surface area contributed by atoms with Crippen molar-refractivity contribution < 1.29 is 23.5 Å². The van der Waals surface area contributed by atoms with Crippen molar-refractivity contribution in [1.82, 2.24) is 0 Å². The molecular weight excluding hydrogens is 375 g/mol. The number of anilines is 2. The minimum Gasteiger partial charge on any atom is -0.481 e. The molecule has 0 spiro atoms. The molecule has 6 nitrogen and oxygen atoms in total. The maximum Gasteiger partial charge on any atom is 0.266 e. The third kappa shape index (κ3) is 2.54. The van der Waals surface area contributed by atoms with Gasteiger partial charge in [-0.15, -0.1) is 6.42 Å². The monoisotopic (exact) mass is 384 g/mol. The molecule has 2 heterocycles. The van der Waals surface area contributed by atoms with Gasteiger partial charge in [0.2, 0.25) is 0 Å². The van der Waals surface area contributed by atoms with E-state index >= 15 is 0 Å². The predicted octanol–water partition coefficient (Wildman–Crippen LogP) is 2.64. The second-order valence-electron chi connectivity index (χ2n) is 5.88. The number of halogens is 2. The van der Waals surface area contributed by atoms with E-state index in [1.165, 1.54) is 29.2 Å². The Morgan fingerprint density at radius 3 is 2.59 bits per heavy atom. The molecule has 0 aliphatic carbocycles.